The van der Waals surface area contributed by atoms with E-state index in [0.29, 0.717) is 53.9 Å². The van der Waals surface area contributed by atoms with E-state index < -0.39 is 6.04 Å². The number of halogens is 2. The second-order valence-electron chi connectivity index (χ2n) is 9.44. The molecule has 0 bridgehead atoms. The molecule has 2 amide bonds. The SMILES string of the molecule is CN(CC1COCCO1)C(=O)C1CN(c2ccc(Cl)c(Cl)c2)CCN1C(=O)c1cc(=O)[nH]c2ccccc12. The zero-order valence-electron chi connectivity index (χ0n) is 20.9. The van der Waals surface area contributed by atoms with Gasteiger partial charge in [0.05, 0.1) is 41.5 Å². The number of rotatable bonds is 5. The molecule has 2 unspecified atom stereocenters. The van der Waals surface area contributed by atoms with Gasteiger partial charge in [-0.05, 0) is 24.3 Å². The van der Waals surface area contributed by atoms with Crippen LogP contribution in [0.25, 0.3) is 10.9 Å². The fraction of sp³-hybridized carbons (Fsp3) is 0.370. The maximum atomic E-state index is 13.9. The lowest BCUT2D eigenvalue weighted by atomic mass is 10.0. The lowest BCUT2D eigenvalue weighted by Crippen LogP contribution is -2.61. The van der Waals surface area contributed by atoms with E-state index in [9.17, 15) is 14.4 Å². The highest BCUT2D eigenvalue weighted by Crippen LogP contribution is 2.29. The molecule has 2 fully saturated rings. The number of H-pyrrole nitrogens is 1. The number of benzene rings is 2. The third-order valence-corrected chi connectivity index (χ3v) is 7.65. The van der Waals surface area contributed by atoms with Crippen LogP contribution in [0, 0.1) is 0 Å². The molecule has 200 valence electrons. The highest BCUT2D eigenvalue weighted by molar-refractivity contribution is 6.42. The Morgan fingerprint density at radius 1 is 1.08 bits per heavy atom. The summed E-state index contributed by atoms with van der Waals surface area (Å²) in [6.45, 7) is 2.72. The quantitative estimate of drug-likeness (QED) is 0.517. The normalized spacial score (nSPS) is 20.0. The van der Waals surface area contributed by atoms with Crippen LogP contribution in [0.5, 0.6) is 0 Å². The number of piperazine rings is 1. The minimum Gasteiger partial charge on any atom is -0.376 e. The Bertz CT molecular complexity index is 1410. The lowest BCUT2D eigenvalue weighted by molar-refractivity contribution is -0.141. The molecule has 3 heterocycles. The first kappa shape index (κ1) is 26.5. The predicted molar refractivity (Wildman–Crippen MR) is 146 cm³/mol. The zero-order chi connectivity index (χ0) is 26.8. The summed E-state index contributed by atoms with van der Waals surface area (Å²) < 4.78 is 11.2. The number of aromatic nitrogens is 1. The van der Waals surface area contributed by atoms with Crippen molar-refractivity contribution in [3.05, 3.63) is 74.5 Å². The Balaban J connectivity index is 1.46. The van der Waals surface area contributed by atoms with E-state index in [2.05, 4.69) is 4.98 Å². The zero-order valence-corrected chi connectivity index (χ0v) is 22.4. The molecule has 2 aliphatic heterocycles. The first-order valence-electron chi connectivity index (χ1n) is 12.4. The van der Waals surface area contributed by atoms with Crippen molar-refractivity contribution in [1.82, 2.24) is 14.8 Å². The molecule has 2 aromatic carbocycles. The predicted octanol–water partition coefficient (Wildman–Crippen LogP) is 3.04. The van der Waals surface area contributed by atoms with Gasteiger partial charge < -0.3 is 29.2 Å². The number of pyridine rings is 1. The second-order valence-corrected chi connectivity index (χ2v) is 10.3. The van der Waals surface area contributed by atoms with Crippen LogP contribution < -0.4 is 10.5 Å². The van der Waals surface area contributed by atoms with Crippen molar-refractivity contribution in [1.29, 1.82) is 0 Å². The van der Waals surface area contributed by atoms with Gasteiger partial charge in [-0.1, -0.05) is 41.4 Å². The van der Waals surface area contributed by atoms with Gasteiger partial charge >= 0.3 is 0 Å². The molecule has 38 heavy (non-hydrogen) atoms. The van der Waals surface area contributed by atoms with Crippen LogP contribution in [0.3, 0.4) is 0 Å². The molecule has 0 saturated carbocycles. The second kappa shape index (κ2) is 11.3. The van der Waals surface area contributed by atoms with Crippen LogP contribution in [-0.4, -0.2) is 91.8 Å². The van der Waals surface area contributed by atoms with Crippen LogP contribution in [-0.2, 0) is 14.3 Å². The smallest absolute Gasteiger partial charge is 0.255 e. The van der Waals surface area contributed by atoms with Crippen LogP contribution in [0.1, 0.15) is 10.4 Å². The molecular weight excluding hydrogens is 531 g/mol. The Kier molecular flexibility index (Phi) is 7.90. The number of fused-ring (bicyclic) bond motifs is 1. The number of carbonyl (C=O) groups is 2. The first-order chi connectivity index (χ1) is 18.3. The molecule has 9 nitrogen and oxygen atoms in total. The van der Waals surface area contributed by atoms with Crippen LogP contribution in [0.2, 0.25) is 10.0 Å². The molecule has 1 N–H and O–H groups in total. The summed E-state index contributed by atoms with van der Waals surface area (Å²) in [5, 5.41) is 1.47. The average Bonchev–Trinajstić information content (AvgIpc) is 2.93. The number of nitrogens with one attached hydrogen (secondary N) is 1. The summed E-state index contributed by atoms with van der Waals surface area (Å²) in [7, 11) is 1.70. The largest absolute Gasteiger partial charge is 0.376 e. The first-order valence-corrected chi connectivity index (χ1v) is 13.1. The number of hydrogen-bond donors (Lipinski definition) is 1. The number of amides is 2. The van der Waals surface area contributed by atoms with Gasteiger partial charge in [-0.15, -0.1) is 0 Å². The number of anilines is 1. The highest BCUT2D eigenvalue weighted by atomic mass is 35.5. The molecule has 11 heteroatoms. The van der Waals surface area contributed by atoms with Crippen LogP contribution in [0.15, 0.2) is 53.3 Å². The Labute approximate surface area is 229 Å². The van der Waals surface area contributed by atoms with E-state index in [1.807, 2.05) is 17.0 Å². The average molecular weight is 559 g/mol. The molecule has 3 aromatic rings. The van der Waals surface area contributed by atoms with Crippen molar-refractivity contribution in [2.45, 2.75) is 12.1 Å². The van der Waals surface area contributed by atoms with Crippen molar-refractivity contribution in [2.75, 3.05) is 57.9 Å². The molecule has 1 aromatic heterocycles. The monoisotopic (exact) mass is 558 g/mol. The Morgan fingerprint density at radius 2 is 1.89 bits per heavy atom. The van der Waals surface area contributed by atoms with Crippen molar-refractivity contribution in [2.24, 2.45) is 0 Å². The Morgan fingerprint density at radius 3 is 2.66 bits per heavy atom. The molecule has 5 rings (SSSR count). The number of aromatic amines is 1. The van der Waals surface area contributed by atoms with Crippen LogP contribution in [0.4, 0.5) is 5.69 Å². The molecule has 2 atom stereocenters. The standard InChI is InChI=1S/C27H28Cl2N4O5/c1-31(14-18-16-37-10-11-38-18)27(36)24-15-32(17-6-7-21(28)22(29)12-17)8-9-33(24)26(35)20-13-25(34)30-23-5-3-2-4-19(20)23/h2-7,12-13,18,24H,8-11,14-16H2,1H3,(H,30,34). The van der Waals surface area contributed by atoms with Gasteiger partial charge in [0.15, 0.2) is 0 Å². The number of carbonyl (C=O) groups excluding carboxylic acids is 2. The van der Waals surface area contributed by atoms with Gasteiger partial charge in [0.25, 0.3) is 5.91 Å². The van der Waals surface area contributed by atoms with Crippen LogP contribution >= 0.6 is 23.2 Å². The van der Waals surface area contributed by atoms with E-state index in [0.717, 1.165) is 5.69 Å². The van der Waals surface area contributed by atoms with Gasteiger partial charge in [0.1, 0.15) is 6.04 Å². The molecule has 0 aliphatic carbocycles. The summed E-state index contributed by atoms with van der Waals surface area (Å²) in [5.74, 6) is -0.600. The maximum Gasteiger partial charge on any atom is 0.255 e. The van der Waals surface area contributed by atoms with E-state index in [4.69, 9.17) is 32.7 Å². The van der Waals surface area contributed by atoms with Crippen molar-refractivity contribution in [3.63, 3.8) is 0 Å². The van der Waals surface area contributed by atoms with Gasteiger partial charge in [0.2, 0.25) is 11.5 Å². The van der Waals surface area contributed by atoms with Gasteiger partial charge in [-0.3, -0.25) is 14.4 Å². The fourth-order valence-electron chi connectivity index (χ4n) is 4.98. The third kappa shape index (κ3) is 5.51. The summed E-state index contributed by atoms with van der Waals surface area (Å²) in [6.07, 6.45) is -0.242. The third-order valence-electron chi connectivity index (χ3n) is 6.91. The minimum absolute atomic E-state index is 0.230. The number of hydrogen-bond acceptors (Lipinski definition) is 6. The topological polar surface area (TPSA) is 95.2 Å². The van der Waals surface area contributed by atoms with E-state index in [1.165, 1.54) is 6.07 Å². The molecule has 2 aliphatic rings. The van der Waals surface area contributed by atoms with E-state index >= 15 is 0 Å². The van der Waals surface area contributed by atoms with Crippen molar-refractivity contribution >= 4 is 51.6 Å². The molecule has 0 spiro atoms. The Hall–Kier alpha value is -3.11. The molecule has 2 saturated heterocycles. The lowest BCUT2D eigenvalue weighted by Gasteiger charge is -2.43. The van der Waals surface area contributed by atoms with Gasteiger partial charge in [-0.25, -0.2) is 0 Å². The minimum atomic E-state index is -0.807. The summed E-state index contributed by atoms with van der Waals surface area (Å²) in [6, 6.07) is 12.9. The van der Waals surface area contributed by atoms with Crippen molar-refractivity contribution < 1.29 is 19.1 Å². The number of para-hydroxylation sites is 1. The number of nitrogens with zero attached hydrogens (tertiary/aromatic N) is 3. The summed E-state index contributed by atoms with van der Waals surface area (Å²) >= 11 is 12.4. The number of likely N-dealkylation sites (N-methyl/N-ethyl adjacent to an activating group) is 1. The van der Waals surface area contributed by atoms with Gasteiger partial charge in [0, 0.05) is 55.9 Å². The molecule has 0 radical (unpaired) electrons. The van der Waals surface area contributed by atoms with E-state index in [-0.39, 0.29) is 42.1 Å². The summed E-state index contributed by atoms with van der Waals surface area (Å²) in [4.78, 5) is 48.1. The van der Waals surface area contributed by atoms with E-state index in [1.54, 1.807) is 47.2 Å². The van der Waals surface area contributed by atoms with Crippen molar-refractivity contribution in [3.8, 4) is 0 Å². The van der Waals surface area contributed by atoms with Gasteiger partial charge in [-0.2, -0.15) is 0 Å². The summed E-state index contributed by atoms with van der Waals surface area (Å²) in [5.41, 5.74) is 1.25. The molecular formula is C27H28Cl2N4O5. The maximum absolute atomic E-state index is 13.9. The highest BCUT2D eigenvalue weighted by Gasteiger charge is 2.38. The number of ether oxygens (including phenoxy) is 2. The fourth-order valence-corrected chi connectivity index (χ4v) is 5.27.